The summed E-state index contributed by atoms with van der Waals surface area (Å²) in [4.78, 5) is 7.63. The van der Waals surface area contributed by atoms with Gasteiger partial charge in [-0.15, -0.1) is 0 Å². The zero-order valence-corrected chi connectivity index (χ0v) is 14.6. The fourth-order valence-corrected chi connectivity index (χ4v) is 2.68. The summed E-state index contributed by atoms with van der Waals surface area (Å²) in [6.07, 6.45) is -0.981. The summed E-state index contributed by atoms with van der Waals surface area (Å²) >= 11 is 1.57. The maximum Gasteiger partial charge on any atom is 0.421 e. The first-order valence-electron chi connectivity index (χ1n) is 7.37. The van der Waals surface area contributed by atoms with Crippen molar-refractivity contribution < 1.29 is 13.2 Å². The smallest absolute Gasteiger partial charge is 0.372 e. The normalized spacial score (nSPS) is 13.0. The molecule has 2 aromatic heterocycles. The maximum absolute atomic E-state index is 12.9. The molecule has 0 bridgehead atoms. The van der Waals surface area contributed by atoms with Crippen LogP contribution in [0.1, 0.15) is 31.5 Å². The molecule has 0 radical (unpaired) electrons. The quantitative estimate of drug-likeness (QED) is 0.809. The second-order valence-corrected chi connectivity index (χ2v) is 6.57. The number of hydrogen-bond acceptors (Lipinski definition) is 6. The monoisotopic (exact) mass is 360 g/mol. The van der Waals surface area contributed by atoms with Gasteiger partial charge in [0.2, 0.25) is 5.95 Å². The van der Waals surface area contributed by atoms with Gasteiger partial charge < -0.3 is 10.6 Å². The van der Waals surface area contributed by atoms with Crippen LogP contribution in [0.5, 0.6) is 0 Å². The molecule has 2 aromatic rings. The van der Waals surface area contributed by atoms with Gasteiger partial charge in [-0.3, -0.25) is 0 Å². The fraction of sp³-hybridized carbons (Fsp3) is 0.500. The zero-order valence-electron chi connectivity index (χ0n) is 13.8. The molecule has 0 saturated heterocycles. The first kappa shape index (κ1) is 18.4. The summed E-state index contributed by atoms with van der Waals surface area (Å²) in [7, 11) is 1.38. The van der Waals surface area contributed by atoms with E-state index in [-0.39, 0.29) is 11.8 Å². The molecule has 10 heteroatoms. The Morgan fingerprint density at radius 1 is 1.38 bits per heavy atom. The number of aryl methyl sites for hydroxylation is 1. The summed E-state index contributed by atoms with van der Waals surface area (Å²) in [5.74, 6) is -0.206. The van der Waals surface area contributed by atoms with Crippen molar-refractivity contribution in [3.05, 3.63) is 23.7 Å². The summed E-state index contributed by atoms with van der Waals surface area (Å²) in [6.45, 7) is 5.98. The number of rotatable bonds is 6. The highest BCUT2D eigenvalue weighted by Gasteiger charge is 2.35. The van der Waals surface area contributed by atoms with Crippen LogP contribution in [-0.2, 0) is 6.18 Å². The lowest BCUT2D eigenvalue weighted by Crippen LogP contribution is -2.12. The van der Waals surface area contributed by atoms with Crippen LogP contribution < -0.4 is 10.6 Å². The van der Waals surface area contributed by atoms with E-state index in [2.05, 4.69) is 39.5 Å². The number of halogens is 3. The molecule has 0 spiro atoms. The summed E-state index contributed by atoms with van der Waals surface area (Å²) < 4.78 is 40.3. The Hall–Kier alpha value is -1.97. The summed E-state index contributed by atoms with van der Waals surface area (Å²) in [6, 6.07) is 0. The van der Waals surface area contributed by atoms with Crippen LogP contribution >= 0.6 is 11.9 Å². The molecule has 0 aliphatic carbocycles. The van der Waals surface area contributed by atoms with Crippen LogP contribution in [0.15, 0.2) is 12.4 Å². The van der Waals surface area contributed by atoms with Gasteiger partial charge in [-0.2, -0.15) is 23.3 Å². The number of aromatic nitrogens is 4. The number of nitrogens with one attached hydrogen (secondary N) is 2. The van der Waals surface area contributed by atoms with Gasteiger partial charge in [0.25, 0.3) is 0 Å². The van der Waals surface area contributed by atoms with E-state index in [1.165, 1.54) is 7.05 Å². The first-order valence-corrected chi connectivity index (χ1v) is 8.20. The van der Waals surface area contributed by atoms with Gasteiger partial charge in [-0.1, -0.05) is 13.8 Å². The first-order chi connectivity index (χ1) is 11.2. The number of anilines is 3. The summed E-state index contributed by atoms with van der Waals surface area (Å²) in [5.41, 5.74) is 0.447. The van der Waals surface area contributed by atoms with E-state index in [9.17, 15) is 13.2 Å². The van der Waals surface area contributed by atoms with Gasteiger partial charge in [-0.25, -0.2) is 9.07 Å². The lowest BCUT2D eigenvalue weighted by Gasteiger charge is -2.12. The molecule has 0 aliphatic heterocycles. The molecular formula is C14H19F3N6S. The van der Waals surface area contributed by atoms with Crippen LogP contribution in [0.25, 0.3) is 0 Å². The standard InChI is InChI=1S/C14H19F3N6S/c1-5-8(2)24-23-7-11(9(3)22-23)20-13-19-6-10(14(15,16)17)12(18-4)21-13/h6-8H,5H2,1-4H3,(H2,18,19,20,21). The van der Waals surface area contributed by atoms with Gasteiger partial charge >= 0.3 is 6.18 Å². The van der Waals surface area contributed by atoms with Crippen LogP contribution in [0.3, 0.4) is 0 Å². The second-order valence-electron chi connectivity index (χ2n) is 5.18. The van der Waals surface area contributed by atoms with E-state index in [4.69, 9.17) is 0 Å². The van der Waals surface area contributed by atoms with Crippen molar-refractivity contribution in [3.63, 3.8) is 0 Å². The van der Waals surface area contributed by atoms with Crippen molar-refractivity contribution in [2.45, 2.75) is 38.6 Å². The highest BCUT2D eigenvalue weighted by Crippen LogP contribution is 2.34. The van der Waals surface area contributed by atoms with Crippen LogP contribution in [-0.4, -0.2) is 31.5 Å². The highest BCUT2D eigenvalue weighted by molar-refractivity contribution is 7.98. The predicted molar refractivity (Wildman–Crippen MR) is 89.6 cm³/mol. The molecule has 0 aliphatic rings. The third-order valence-corrected chi connectivity index (χ3v) is 4.41. The molecule has 0 aromatic carbocycles. The molecular weight excluding hydrogens is 341 g/mol. The van der Waals surface area contributed by atoms with E-state index >= 15 is 0 Å². The SMILES string of the molecule is CCC(C)Sn1cc(Nc2ncc(C(F)(F)F)c(NC)n2)c(C)n1. The third kappa shape index (κ3) is 4.31. The lowest BCUT2D eigenvalue weighted by atomic mass is 10.3. The largest absolute Gasteiger partial charge is 0.421 e. The molecule has 1 atom stereocenters. The highest BCUT2D eigenvalue weighted by atomic mass is 32.2. The maximum atomic E-state index is 12.9. The second kappa shape index (κ2) is 7.29. The third-order valence-electron chi connectivity index (χ3n) is 3.32. The fourth-order valence-electron chi connectivity index (χ4n) is 1.83. The van der Waals surface area contributed by atoms with E-state index < -0.39 is 11.7 Å². The van der Waals surface area contributed by atoms with E-state index in [1.54, 1.807) is 29.2 Å². The van der Waals surface area contributed by atoms with Crippen molar-refractivity contribution in [3.8, 4) is 0 Å². The van der Waals surface area contributed by atoms with Crippen LogP contribution in [0.2, 0.25) is 0 Å². The molecule has 6 nitrogen and oxygen atoms in total. The van der Waals surface area contributed by atoms with E-state index in [1.807, 2.05) is 0 Å². The number of nitrogens with zero attached hydrogens (tertiary/aromatic N) is 4. The van der Waals surface area contributed by atoms with Gasteiger partial charge in [0, 0.05) is 18.5 Å². The Bertz CT molecular complexity index is 700. The molecule has 0 saturated carbocycles. The molecule has 0 fully saturated rings. The predicted octanol–water partition coefficient (Wildman–Crippen LogP) is 4.08. The Morgan fingerprint density at radius 3 is 2.67 bits per heavy atom. The van der Waals surface area contributed by atoms with Gasteiger partial charge in [0.05, 0.1) is 17.6 Å². The molecule has 2 N–H and O–H groups in total. The Labute approximate surface area is 142 Å². The average Bonchev–Trinajstić information content (AvgIpc) is 2.85. The topological polar surface area (TPSA) is 67.7 Å². The Morgan fingerprint density at radius 2 is 2.08 bits per heavy atom. The zero-order chi connectivity index (χ0) is 17.9. The number of alkyl halides is 3. The lowest BCUT2D eigenvalue weighted by molar-refractivity contribution is -0.137. The van der Waals surface area contributed by atoms with Crippen molar-refractivity contribution in [1.29, 1.82) is 0 Å². The van der Waals surface area contributed by atoms with Gasteiger partial charge in [0.15, 0.2) is 0 Å². The minimum atomic E-state index is -4.51. The average molecular weight is 360 g/mol. The summed E-state index contributed by atoms with van der Waals surface area (Å²) in [5, 5.41) is 10.1. The minimum Gasteiger partial charge on any atom is -0.372 e. The van der Waals surface area contributed by atoms with Crippen LogP contribution in [0, 0.1) is 6.92 Å². The van der Waals surface area contributed by atoms with Crippen molar-refractivity contribution >= 4 is 29.4 Å². The number of hydrogen-bond donors (Lipinski definition) is 2. The van der Waals surface area contributed by atoms with E-state index in [0.717, 1.165) is 12.6 Å². The van der Waals surface area contributed by atoms with Gasteiger partial charge in [0.1, 0.15) is 11.4 Å². The molecule has 24 heavy (non-hydrogen) atoms. The molecule has 2 heterocycles. The molecule has 132 valence electrons. The van der Waals surface area contributed by atoms with Crippen molar-refractivity contribution in [2.24, 2.45) is 0 Å². The Kier molecular flexibility index (Phi) is 5.58. The minimum absolute atomic E-state index is 0.0727. The van der Waals surface area contributed by atoms with E-state index in [0.29, 0.717) is 16.6 Å². The van der Waals surface area contributed by atoms with Crippen molar-refractivity contribution in [1.82, 2.24) is 19.2 Å². The molecule has 0 amide bonds. The molecule has 1 unspecified atom stereocenters. The van der Waals surface area contributed by atoms with Crippen molar-refractivity contribution in [2.75, 3.05) is 17.7 Å². The van der Waals surface area contributed by atoms with Crippen LogP contribution in [0.4, 0.5) is 30.6 Å². The molecule has 2 rings (SSSR count). The Balaban J connectivity index is 2.22. The van der Waals surface area contributed by atoms with Gasteiger partial charge in [-0.05, 0) is 25.3 Å².